The normalized spacial score (nSPS) is 21.0. The van der Waals surface area contributed by atoms with Gasteiger partial charge in [0.05, 0.1) is 12.1 Å². The summed E-state index contributed by atoms with van der Waals surface area (Å²) in [6.45, 7) is 4.68. The Bertz CT molecular complexity index is 689. The fourth-order valence-electron chi connectivity index (χ4n) is 2.91. The second kappa shape index (κ2) is 8.11. The van der Waals surface area contributed by atoms with E-state index in [1.54, 1.807) is 0 Å². The van der Waals surface area contributed by atoms with Crippen LogP contribution in [-0.4, -0.2) is 34.9 Å². The third-order valence-corrected chi connectivity index (χ3v) is 4.31. The molecule has 2 aromatic rings. The smallest absolute Gasteiger partial charge is 0.315 e. The Hall–Kier alpha value is -2.41. The summed E-state index contributed by atoms with van der Waals surface area (Å²) in [4.78, 5) is 16.9. The van der Waals surface area contributed by atoms with Gasteiger partial charge in [-0.1, -0.05) is 42.4 Å². The Kier molecular flexibility index (Phi) is 5.65. The van der Waals surface area contributed by atoms with E-state index < -0.39 is 6.04 Å². The molecule has 3 rings (SSSR count). The number of benzene rings is 1. The number of nitrogens with one attached hydrogen (secondary N) is 2. The van der Waals surface area contributed by atoms with Gasteiger partial charge < -0.3 is 19.9 Å². The van der Waals surface area contributed by atoms with E-state index in [-0.39, 0.29) is 18.2 Å². The van der Waals surface area contributed by atoms with Crippen molar-refractivity contribution in [3.63, 3.8) is 0 Å². The van der Waals surface area contributed by atoms with Gasteiger partial charge in [-0.15, -0.1) is 0 Å². The zero-order valence-corrected chi connectivity index (χ0v) is 14.6. The van der Waals surface area contributed by atoms with Crippen molar-refractivity contribution in [3.8, 4) is 0 Å². The largest absolute Gasteiger partial charge is 0.376 e. The summed E-state index contributed by atoms with van der Waals surface area (Å²) in [5.41, 5.74) is 0.900. The van der Waals surface area contributed by atoms with Gasteiger partial charge in [-0.25, -0.2) is 4.79 Å². The van der Waals surface area contributed by atoms with E-state index in [9.17, 15) is 4.79 Å². The summed E-state index contributed by atoms with van der Waals surface area (Å²) in [6, 6.07) is 8.91. The van der Waals surface area contributed by atoms with E-state index in [4.69, 9.17) is 9.26 Å². The molecule has 1 aliphatic rings. The molecule has 1 aromatic heterocycles. The molecule has 1 aliphatic heterocycles. The number of urea groups is 1. The number of carbonyl (C=O) groups excluding carboxylic acids is 1. The molecule has 2 heterocycles. The fourth-order valence-corrected chi connectivity index (χ4v) is 2.91. The maximum atomic E-state index is 12.5. The predicted molar refractivity (Wildman–Crippen MR) is 92.1 cm³/mol. The number of rotatable bonds is 6. The average Bonchev–Trinajstić information content (AvgIpc) is 3.23. The van der Waals surface area contributed by atoms with Gasteiger partial charge in [-0.3, -0.25) is 0 Å². The van der Waals surface area contributed by atoms with Crippen LogP contribution in [0.4, 0.5) is 4.79 Å². The molecular weight excluding hydrogens is 320 g/mol. The molecule has 2 N–H and O–H groups in total. The first-order valence-corrected chi connectivity index (χ1v) is 8.73. The standard InChI is InChI=1S/C18H24N4O3/c1-3-7-15-20-17(22-25-15)16(13-8-5-4-6-9-13)21-18(23)19-14-10-11-24-12(14)2/h4-6,8-9,12,14,16H,3,7,10-11H2,1-2H3,(H2,19,21,23). The molecule has 0 radical (unpaired) electrons. The van der Waals surface area contributed by atoms with Gasteiger partial charge in [-0.2, -0.15) is 4.98 Å². The van der Waals surface area contributed by atoms with Crippen LogP contribution in [0.15, 0.2) is 34.9 Å². The van der Waals surface area contributed by atoms with E-state index in [0.29, 0.717) is 18.3 Å². The van der Waals surface area contributed by atoms with Crippen LogP contribution >= 0.6 is 0 Å². The maximum absolute atomic E-state index is 12.5. The lowest BCUT2D eigenvalue weighted by Gasteiger charge is -2.20. The van der Waals surface area contributed by atoms with Gasteiger partial charge >= 0.3 is 6.03 Å². The Balaban J connectivity index is 1.75. The van der Waals surface area contributed by atoms with Crippen molar-refractivity contribution in [2.24, 2.45) is 0 Å². The quantitative estimate of drug-likeness (QED) is 0.841. The molecule has 0 bridgehead atoms. The highest BCUT2D eigenvalue weighted by molar-refractivity contribution is 5.75. The highest BCUT2D eigenvalue weighted by atomic mass is 16.5. The minimum atomic E-state index is -0.465. The van der Waals surface area contributed by atoms with Crippen LogP contribution in [0.3, 0.4) is 0 Å². The third kappa shape index (κ3) is 4.36. The molecule has 25 heavy (non-hydrogen) atoms. The molecular formula is C18H24N4O3. The fraction of sp³-hybridized carbons (Fsp3) is 0.500. The highest BCUT2D eigenvalue weighted by Gasteiger charge is 2.28. The zero-order chi connectivity index (χ0) is 17.6. The summed E-state index contributed by atoms with van der Waals surface area (Å²) in [6.07, 6.45) is 2.47. The Labute approximate surface area is 147 Å². The van der Waals surface area contributed by atoms with Crippen LogP contribution in [0.1, 0.15) is 50.0 Å². The first kappa shape index (κ1) is 17.4. The molecule has 2 amide bonds. The van der Waals surface area contributed by atoms with Crippen LogP contribution in [-0.2, 0) is 11.2 Å². The van der Waals surface area contributed by atoms with Gasteiger partial charge in [0.2, 0.25) is 5.89 Å². The maximum Gasteiger partial charge on any atom is 0.315 e. The van der Waals surface area contributed by atoms with Crippen molar-refractivity contribution in [1.29, 1.82) is 0 Å². The molecule has 7 heteroatoms. The monoisotopic (exact) mass is 344 g/mol. The Morgan fingerprint density at radius 2 is 2.16 bits per heavy atom. The average molecular weight is 344 g/mol. The van der Waals surface area contributed by atoms with Gasteiger partial charge in [0, 0.05) is 13.0 Å². The van der Waals surface area contributed by atoms with Crippen LogP contribution in [0.25, 0.3) is 0 Å². The third-order valence-electron chi connectivity index (χ3n) is 4.31. The van der Waals surface area contributed by atoms with E-state index in [1.807, 2.05) is 37.3 Å². The predicted octanol–water partition coefficient (Wildman–Crippen LogP) is 2.59. The lowest BCUT2D eigenvalue weighted by Crippen LogP contribution is -2.46. The molecule has 7 nitrogen and oxygen atoms in total. The van der Waals surface area contributed by atoms with Gasteiger partial charge in [-0.05, 0) is 25.3 Å². The number of aromatic nitrogens is 2. The van der Waals surface area contributed by atoms with Crippen molar-refractivity contribution in [2.75, 3.05) is 6.61 Å². The summed E-state index contributed by atoms with van der Waals surface area (Å²) in [5.74, 6) is 1.04. The minimum absolute atomic E-state index is 0.0114. The second-order valence-corrected chi connectivity index (χ2v) is 6.23. The SMILES string of the molecule is CCCc1nc(C(NC(=O)NC2CCOC2C)c2ccccc2)no1. The number of hydrogen-bond donors (Lipinski definition) is 2. The van der Waals surface area contributed by atoms with Crippen LogP contribution in [0.5, 0.6) is 0 Å². The topological polar surface area (TPSA) is 89.3 Å². The van der Waals surface area contributed by atoms with E-state index in [0.717, 1.165) is 24.8 Å². The minimum Gasteiger partial charge on any atom is -0.376 e. The zero-order valence-electron chi connectivity index (χ0n) is 14.6. The molecule has 0 aliphatic carbocycles. The van der Waals surface area contributed by atoms with Crippen molar-refractivity contribution in [2.45, 2.75) is 51.3 Å². The molecule has 1 fully saturated rings. The molecule has 3 unspecified atom stereocenters. The Morgan fingerprint density at radius 1 is 1.36 bits per heavy atom. The lowest BCUT2D eigenvalue weighted by molar-refractivity contribution is 0.114. The molecule has 1 aromatic carbocycles. The number of carbonyl (C=O) groups is 1. The number of nitrogens with zero attached hydrogens (tertiary/aromatic N) is 2. The molecule has 0 spiro atoms. The lowest BCUT2D eigenvalue weighted by atomic mass is 10.1. The van der Waals surface area contributed by atoms with Crippen molar-refractivity contribution in [3.05, 3.63) is 47.6 Å². The highest BCUT2D eigenvalue weighted by Crippen LogP contribution is 2.20. The van der Waals surface area contributed by atoms with Crippen LogP contribution in [0, 0.1) is 0 Å². The summed E-state index contributed by atoms with van der Waals surface area (Å²) in [7, 11) is 0. The van der Waals surface area contributed by atoms with Gasteiger partial charge in [0.1, 0.15) is 6.04 Å². The van der Waals surface area contributed by atoms with Crippen molar-refractivity contribution < 1.29 is 14.1 Å². The van der Waals surface area contributed by atoms with Crippen LogP contribution in [0.2, 0.25) is 0 Å². The van der Waals surface area contributed by atoms with E-state index >= 15 is 0 Å². The second-order valence-electron chi connectivity index (χ2n) is 6.23. The molecule has 134 valence electrons. The van der Waals surface area contributed by atoms with Crippen molar-refractivity contribution >= 4 is 6.03 Å². The number of hydrogen-bond acceptors (Lipinski definition) is 5. The number of ether oxygens (including phenoxy) is 1. The Morgan fingerprint density at radius 3 is 2.84 bits per heavy atom. The first-order chi connectivity index (χ1) is 12.2. The van der Waals surface area contributed by atoms with Gasteiger partial charge in [0.15, 0.2) is 5.82 Å². The van der Waals surface area contributed by atoms with Crippen LogP contribution < -0.4 is 10.6 Å². The molecule has 3 atom stereocenters. The number of amides is 2. The van der Waals surface area contributed by atoms with E-state index in [1.165, 1.54) is 0 Å². The summed E-state index contributed by atoms with van der Waals surface area (Å²) in [5, 5.41) is 9.99. The number of aryl methyl sites for hydroxylation is 1. The van der Waals surface area contributed by atoms with Gasteiger partial charge in [0.25, 0.3) is 0 Å². The van der Waals surface area contributed by atoms with E-state index in [2.05, 4.69) is 27.7 Å². The summed E-state index contributed by atoms with van der Waals surface area (Å²) < 4.78 is 10.8. The molecule has 0 saturated carbocycles. The molecule has 1 saturated heterocycles. The van der Waals surface area contributed by atoms with Crippen molar-refractivity contribution in [1.82, 2.24) is 20.8 Å². The summed E-state index contributed by atoms with van der Waals surface area (Å²) >= 11 is 0. The first-order valence-electron chi connectivity index (χ1n) is 8.73.